The van der Waals surface area contributed by atoms with Gasteiger partial charge < -0.3 is 4.74 Å². The summed E-state index contributed by atoms with van der Waals surface area (Å²) in [5.41, 5.74) is 0.0543. The molecule has 2 saturated carbocycles. The Hall–Kier alpha value is -1.82. The van der Waals surface area contributed by atoms with Gasteiger partial charge in [-0.3, -0.25) is 0 Å². The highest BCUT2D eigenvalue weighted by Crippen LogP contribution is 2.42. The van der Waals surface area contributed by atoms with Crippen LogP contribution in [0.15, 0.2) is 30.4 Å². The molecule has 2 atom stereocenters. The molecule has 0 aromatic heterocycles. The maximum absolute atomic E-state index is 13.6. The highest BCUT2D eigenvalue weighted by Gasteiger charge is 2.30. The van der Waals surface area contributed by atoms with Crippen molar-refractivity contribution in [2.75, 3.05) is 6.61 Å². The molecule has 152 valence electrons. The van der Waals surface area contributed by atoms with Gasteiger partial charge in [0.15, 0.2) is 0 Å². The second-order valence-corrected chi connectivity index (χ2v) is 8.75. The van der Waals surface area contributed by atoms with E-state index in [-0.39, 0.29) is 5.56 Å². The summed E-state index contributed by atoms with van der Waals surface area (Å²) in [6.07, 6.45) is 18.3. The molecule has 1 aromatic carbocycles. The zero-order chi connectivity index (χ0) is 19.8. The third-order valence-corrected chi connectivity index (χ3v) is 6.82. The first kappa shape index (κ1) is 20.9. The molecule has 0 saturated heterocycles. The SMILES string of the molecule is CCC[C@@H]1CCC[C@@H](C2CCC(C=CCOc3ccc(C#N)c(F)c3)CC2)C1. The summed E-state index contributed by atoms with van der Waals surface area (Å²) in [5.74, 6) is 3.53. The fourth-order valence-corrected chi connectivity index (χ4v) is 5.31. The molecule has 0 radical (unpaired) electrons. The Kier molecular flexibility index (Phi) is 7.95. The van der Waals surface area contributed by atoms with Crippen LogP contribution in [0, 0.1) is 40.8 Å². The van der Waals surface area contributed by atoms with E-state index >= 15 is 0 Å². The molecular weight excluding hydrogens is 349 g/mol. The van der Waals surface area contributed by atoms with Crippen LogP contribution >= 0.6 is 0 Å². The molecule has 0 amide bonds. The van der Waals surface area contributed by atoms with E-state index in [1.165, 1.54) is 76.3 Å². The van der Waals surface area contributed by atoms with Crippen molar-refractivity contribution in [3.05, 3.63) is 41.7 Å². The number of hydrogen-bond donors (Lipinski definition) is 0. The zero-order valence-electron chi connectivity index (χ0n) is 17.2. The first-order valence-electron chi connectivity index (χ1n) is 11.2. The van der Waals surface area contributed by atoms with E-state index < -0.39 is 5.82 Å². The Morgan fingerprint density at radius 2 is 1.96 bits per heavy atom. The van der Waals surface area contributed by atoms with Crippen LogP contribution in [0.3, 0.4) is 0 Å². The van der Waals surface area contributed by atoms with Gasteiger partial charge in [0.1, 0.15) is 24.2 Å². The number of nitriles is 1. The summed E-state index contributed by atoms with van der Waals surface area (Å²) >= 11 is 0. The topological polar surface area (TPSA) is 33.0 Å². The molecule has 0 bridgehead atoms. The minimum Gasteiger partial charge on any atom is -0.489 e. The van der Waals surface area contributed by atoms with Crippen molar-refractivity contribution in [3.8, 4) is 11.8 Å². The lowest BCUT2D eigenvalue weighted by Gasteiger charge is -2.38. The average Bonchev–Trinajstić information content (AvgIpc) is 2.72. The van der Waals surface area contributed by atoms with Gasteiger partial charge in [-0.15, -0.1) is 0 Å². The van der Waals surface area contributed by atoms with Gasteiger partial charge in [0, 0.05) is 6.07 Å². The third kappa shape index (κ3) is 5.84. The predicted molar refractivity (Wildman–Crippen MR) is 112 cm³/mol. The van der Waals surface area contributed by atoms with Crippen LogP contribution in [0.4, 0.5) is 4.39 Å². The van der Waals surface area contributed by atoms with Crippen LogP contribution in [0.5, 0.6) is 5.75 Å². The van der Waals surface area contributed by atoms with Gasteiger partial charge in [0.25, 0.3) is 0 Å². The van der Waals surface area contributed by atoms with Crippen molar-refractivity contribution in [1.82, 2.24) is 0 Å². The average molecular weight is 384 g/mol. The van der Waals surface area contributed by atoms with E-state index in [1.54, 1.807) is 6.07 Å². The van der Waals surface area contributed by atoms with Crippen LogP contribution in [-0.4, -0.2) is 6.61 Å². The molecule has 0 aliphatic heterocycles. The highest BCUT2D eigenvalue weighted by atomic mass is 19.1. The van der Waals surface area contributed by atoms with E-state index in [1.807, 2.05) is 6.07 Å². The number of allylic oxidation sites excluding steroid dienone is 1. The van der Waals surface area contributed by atoms with Crippen molar-refractivity contribution in [3.63, 3.8) is 0 Å². The first-order chi connectivity index (χ1) is 13.7. The van der Waals surface area contributed by atoms with Crippen LogP contribution in [0.1, 0.15) is 76.7 Å². The van der Waals surface area contributed by atoms with Crippen molar-refractivity contribution < 1.29 is 9.13 Å². The molecule has 3 heteroatoms. The predicted octanol–water partition coefficient (Wildman–Crippen LogP) is 7.05. The van der Waals surface area contributed by atoms with E-state index in [0.29, 0.717) is 18.3 Å². The van der Waals surface area contributed by atoms with Crippen molar-refractivity contribution in [2.24, 2.45) is 23.7 Å². The number of rotatable bonds is 7. The number of nitrogens with zero attached hydrogens (tertiary/aromatic N) is 1. The Morgan fingerprint density at radius 1 is 1.14 bits per heavy atom. The van der Waals surface area contributed by atoms with Crippen LogP contribution < -0.4 is 4.74 Å². The smallest absolute Gasteiger partial charge is 0.144 e. The second-order valence-electron chi connectivity index (χ2n) is 8.75. The Balaban J connectivity index is 1.38. The van der Waals surface area contributed by atoms with E-state index in [2.05, 4.69) is 19.1 Å². The van der Waals surface area contributed by atoms with Gasteiger partial charge in [-0.25, -0.2) is 4.39 Å². The molecule has 3 rings (SSSR count). The lowest BCUT2D eigenvalue weighted by Crippen LogP contribution is -2.26. The minimum atomic E-state index is -0.522. The molecule has 0 N–H and O–H groups in total. The Bertz CT molecular complexity index is 682. The Labute approximate surface area is 169 Å². The second kappa shape index (κ2) is 10.6. The lowest BCUT2D eigenvalue weighted by atomic mass is 9.68. The summed E-state index contributed by atoms with van der Waals surface area (Å²) in [6.45, 7) is 2.77. The molecule has 0 heterocycles. The number of hydrogen-bond acceptors (Lipinski definition) is 2. The van der Waals surface area contributed by atoms with E-state index in [4.69, 9.17) is 10.00 Å². The van der Waals surface area contributed by atoms with Crippen LogP contribution in [0.25, 0.3) is 0 Å². The van der Waals surface area contributed by atoms with Gasteiger partial charge in [0.2, 0.25) is 0 Å². The lowest BCUT2D eigenvalue weighted by molar-refractivity contribution is 0.144. The quantitative estimate of drug-likeness (QED) is 0.473. The van der Waals surface area contributed by atoms with E-state index in [9.17, 15) is 4.39 Å². The number of halogens is 1. The molecule has 0 spiro atoms. The highest BCUT2D eigenvalue weighted by molar-refractivity contribution is 5.36. The maximum Gasteiger partial charge on any atom is 0.144 e. The first-order valence-corrected chi connectivity index (χ1v) is 11.2. The summed E-state index contributed by atoms with van der Waals surface area (Å²) in [6, 6.07) is 6.22. The fourth-order valence-electron chi connectivity index (χ4n) is 5.31. The van der Waals surface area contributed by atoms with Crippen molar-refractivity contribution in [1.29, 1.82) is 5.26 Å². The van der Waals surface area contributed by atoms with Crippen molar-refractivity contribution in [2.45, 2.75) is 71.1 Å². The molecule has 2 fully saturated rings. The zero-order valence-corrected chi connectivity index (χ0v) is 17.2. The molecule has 2 aliphatic rings. The fraction of sp³-hybridized carbons (Fsp3) is 0.640. The molecule has 28 heavy (non-hydrogen) atoms. The molecule has 1 aromatic rings. The largest absolute Gasteiger partial charge is 0.489 e. The summed E-state index contributed by atoms with van der Waals surface area (Å²) in [4.78, 5) is 0. The summed E-state index contributed by atoms with van der Waals surface area (Å²) in [5, 5.41) is 8.76. The molecule has 2 nitrogen and oxygen atoms in total. The standard InChI is InChI=1S/C25H34FNO/c1-2-5-20-6-3-8-22(16-20)21-11-9-19(10-12-21)7-4-15-28-24-14-13-23(18-27)25(26)17-24/h4,7,13-14,17,19-22H,2-3,5-6,8-12,15-16H2,1H3/t19?,20-,21?,22-/m1/s1. The molecule has 0 unspecified atom stereocenters. The number of benzene rings is 1. The maximum atomic E-state index is 13.6. The third-order valence-electron chi connectivity index (χ3n) is 6.82. The van der Waals surface area contributed by atoms with Crippen LogP contribution in [0.2, 0.25) is 0 Å². The Morgan fingerprint density at radius 3 is 2.68 bits per heavy atom. The normalized spacial score (nSPS) is 28.2. The van der Waals surface area contributed by atoms with Crippen LogP contribution in [-0.2, 0) is 0 Å². The monoisotopic (exact) mass is 383 g/mol. The summed E-state index contributed by atoms with van der Waals surface area (Å²) in [7, 11) is 0. The van der Waals surface area contributed by atoms with Crippen molar-refractivity contribution >= 4 is 0 Å². The number of ether oxygens (including phenoxy) is 1. The molecule has 2 aliphatic carbocycles. The summed E-state index contributed by atoms with van der Waals surface area (Å²) < 4.78 is 19.2. The minimum absolute atomic E-state index is 0.0543. The van der Waals surface area contributed by atoms with Gasteiger partial charge in [0.05, 0.1) is 5.56 Å². The van der Waals surface area contributed by atoms with Gasteiger partial charge >= 0.3 is 0 Å². The van der Waals surface area contributed by atoms with E-state index in [0.717, 1.165) is 17.8 Å². The molecular formula is C25H34FNO. The van der Waals surface area contributed by atoms with Gasteiger partial charge in [-0.2, -0.15) is 5.26 Å². The van der Waals surface area contributed by atoms with Gasteiger partial charge in [-0.1, -0.05) is 51.2 Å². The van der Waals surface area contributed by atoms with Gasteiger partial charge in [-0.05, 0) is 67.9 Å².